The standard InChI is InChI=1S/C22H31N7/c1-4-23-22(25-12-8-9-14-29-15-13-24-18(29)2)28(3)17-21-26-16-20(27-21)19-10-6-5-7-11-19/h5-7,10-11,13,15-16H,4,8-9,12,14,17H2,1-3H3,(H,23,25)(H,26,27). The number of rotatable bonds is 9. The van der Waals surface area contributed by atoms with E-state index in [1.165, 1.54) is 0 Å². The number of aryl methyl sites for hydroxylation is 2. The van der Waals surface area contributed by atoms with E-state index in [4.69, 9.17) is 4.99 Å². The molecule has 0 atom stereocenters. The zero-order chi connectivity index (χ0) is 20.5. The van der Waals surface area contributed by atoms with Gasteiger partial charge in [0.1, 0.15) is 11.6 Å². The highest BCUT2D eigenvalue weighted by Gasteiger charge is 2.09. The lowest BCUT2D eigenvalue weighted by atomic mass is 10.2. The van der Waals surface area contributed by atoms with Gasteiger partial charge in [-0.3, -0.25) is 4.99 Å². The molecule has 2 heterocycles. The number of aromatic amines is 1. The van der Waals surface area contributed by atoms with Crippen molar-refractivity contribution in [2.45, 2.75) is 39.8 Å². The van der Waals surface area contributed by atoms with Crippen molar-refractivity contribution in [2.75, 3.05) is 20.1 Å². The van der Waals surface area contributed by atoms with Crippen LogP contribution in [-0.4, -0.2) is 50.5 Å². The van der Waals surface area contributed by atoms with Crippen LogP contribution in [-0.2, 0) is 13.1 Å². The van der Waals surface area contributed by atoms with Gasteiger partial charge in [-0.1, -0.05) is 30.3 Å². The molecule has 1 aromatic carbocycles. The van der Waals surface area contributed by atoms with Crippen molar-refractivity contribution in [2.24, 2.45) is 4.99 Å². The minimum atomic E-state index is 0.674. The summed E-state index contributed by atoms with van der Waals surface area (Å²) in [5.74, 6) is 2.89. The predicted octanol–water partition coefficient (Wildman–Crippen LogP) is 3.46. The summed E-state index contributed by atoms with van der Waals surface area (Å²) in [6.07, 6.45) is 7.90. The minimum Gasteiger partial charge on any atom is -0.357 e. The topological polar surface area (TPSA) is 74.1 Å². The maximum Gasteiger partial charge on any atom is 0.194 e. The predicted molar refractivity (Wildman–Crippen MR) is 118 cm³/mol. The number of aromatic nitrogens is 4. The van der Waals surface area contributed by atoms with Gasteiger partial charge in [-0.15, -0.1) is 0 Å². The van der Waals surface area contributed by atoms with Crippen LogP contribution >= 0.6 is 0 Å². The molecule has 0 spiro atoms. The van der Waals surface area contributed by atoms with E-state index in [-0.39, 0.29) is 0 Å². The summed E-state index contributed by atoms with van der Waals surface area (Å²) in [4.78, 5) is 19.1. The molecular weight excluding hydrogens is 362 g/mol. The van der Waals surface area contributed by atoms with Crippen molar-refractivity contribution < 1.29 is 0 Å². The summed E-state index contributed by atoms with van der Waals surface area (Å²) in [7, 11) is 2.04. The highest BCUT2D eigenvalue weighted by molar-refractivity contribution is 5.79. The summed E-state index contributed by atoms with van der Waals surface area (Å²) >= 11 is 0. The van der Waals surface area contributed by atoms with E-state index in [9.17, 15) is 0 Å². The molecule has 0 saturated heterocycles. The molecule has 3 rings (SSSR count). The van der Waals surface area contributed by atoms with Gasteiger partial charge in [0.25, 0.3) is 0 Å². The Balaban J connectivity index is 1.52. The number of hydrogen-bond donors (Lipinski definition) is 2. The first-order chi connectivity index (χ1) is 14.2. The monoisotopic (exact) mass is 393 g/mol. The lowest BCUT2D eigenvalue weighted by molar-refractivity contribution is 0.463. The number of benzene rings is 1. The third-order valence-corrected chi connectivity index (χ3v) is 4.79. The van der Waals surface area contributed by atoms with Crippen molar-refractivity contribution >= 4 is 5.96 Å². The first kappa shape index (κ1) is 20.6. The molecule has 154 valence electrons. The number of H-pyrrole nitrogens is 1. The van der Waals surface area contributed by atoms with Gasteiger partial charge in [0, 0.05) is 39.1 Å². The van der Waals surface area contributed by atoms with Crippen LogP contribution in [0.1, 0.15) is 31.4 Å². The Kier molecular flexibility index (Phi) is 7.44. The van der Waals surface area contributed by atoms with E-state index in [0.717, 1.165) is 61.3 Å². The summed E-state index contributed by atoms with van der Waals surface area (Å²) in [6, 6.07) is 10.2. The molecule has 0 bridgehead atoms. The summed E-state index contributed by atoms with van der Waals surface area (Å²) in [5.41, 5.74) is 2.17. The van der Waals surface area contributed by atoms with Crippen LogP contribution in [0.25, 0.3) is 11.3 Å². The SMILES string of the molecule is CCNC(=NCCCCn1ccnc1C)N(C)Cc1ncc(-c2ccccc2)[nH]1. The van der Waals surface area contributed by atoms with Crippen LogP contribution in [0.2, 0.25) is 0 Å². The fraction of sp³-hybridized carbons (Fsp3) is 0.409. The van der Waals surface area contributed by atoms with Crippen LogP contribution < -0.4 is 5.32 Å². The largest absolute Gasteiger partial charge is 0.357 e. The summed E-state index contributed by atoms with van der Waals surface area (Å²) < 4.78 is 2.18. The Bertz CT molecular complexity index is 895. The molecule has 0 fully saturated rings. The highest BCUT2D eigenvalue weighted by atomic mass is 15.3. The maximum absolute atomic E-state index is 4.78. The zero-order valence-corrected chi connectivity index (χ0v) is 17.6. The van der Waals surface area contributed by atoms with Gasteiger partial charge >= 0.3 is 0 Å². The lowest BCUT2D eigenvalue weighted by Crippen LogP contribution is -2.38. The van der Waals surface area contributed by atoms with Crippen molar-refractivity contribution in [3.63, 3.8) is 0 Å². The first-order valence-electron chi connectivity index (χ1n) is 10.2. The van der Waals surface area contributed by atoms with Gasteiger partial charge in [0.2, 0.25) is 0 Å². The molecule has 2 aromatic heterocycles. The smallest absolute Gasteiger partial charge is 0.194 e. The Morgan fingerprint density at radius 3 is 2.76 bits per heavy atom. The second kappa shape index (κ2) is 10.5. The average Bonchev–Trinajstić information content (AvgIpc) is 3.36. The maximum atomic E-state index is 4.78. The summed E-state index contributed by atoms with van der Waals surface area (Å²) in [6.45, 7) is 7.42. The molecule has 7 heteroatoms. The summed E-state index contributed by atoms with van der Waals surface area (Å²) in [5, 5.41) is 3.37. The van der Waals surface area contributed by atoms with Crippen LogP contribution in [0.4, 0.5) is 0 Å². The molecule has 7 nitrogen and oxygen atoms in total. The normalized spacial score (nSPS) is 11.6. The molecule has 0 aliphatic carbocycles. The average molecular weight is 394 g/mol. The quantitative estimate of drug-likeness (QED) is 0.332. The van der Waals surface area contributed by atoms with Crippen LogP contribution in [0, 0.1) is 6.92 Å². The molecule has 0 aliphatic rings. The van der Waals surface area contributed by atoms with Gasteiger partial charge in [-0.2, -0.15) is 0 Å². The van der Waals surface area contributed by atoms with Crippen molar-refractivity contribution in [3.05, 3.63) is 60.6 Å². The second-order valence-electron chi connectivity index (χ2n) is 7.08. The minimum absolute atomic E-state index is 0.674. The number of nitrogens with one attached hydrogen (secondary N) is 2. The molecule has 2 N–H and O–H groups in total. The Labute approximate surface area is 172 Å². The van der Waals surface area contributed by atoms with E-state index in [1.54, 1.807) is 0 Å². The molecule has 0 amide bonds. The number of hydrogen-bond acceptors (Lipinski definition) is 3. The van der Waals surface area contributed by atoms with Crippen LogP contribution in [0.15, 0.2) is 53.9 Å². The number of imidazole rings is 2. The van der Waals surface area contributed by atoms with Crippen molar-refractivity contribution in [1.29, 1.82) is 0 Å². The molecule has 3 aromatic rings. The number of nitrogens with zero attached hydrogens (tertiary/aromatic N) is 5. The number of guanidine groups is 1. The highest BCUT2D eigenvalue weighted by Crippen LogP contribution is 2.16. The molecule has 0 saturated carbocycles. The second-order valence-corrected chi connectivity index (χ2v) is 7.08. The fourth-order valence-electron chi connectivity index (χ4n) is 3.20. The van der Waals surface area contributed by atoms with E-state index < -0.39 is 0 Å². The van der Waals surface area contributed by atoms with Crippen LogP contribution in [0.3, 0.4) is 0 Å². The van der Waals surface area contributed by atoms with Gasteiger partial charge in [0.05, 0.1) is 18.4 Å². The Morgan fingerprint density at radius 2 is 2.03 bits per heavy atom. The molecule has 0 radical (unpaired) electrons. The Hall–Kier alpha value is -3.09. The van der Waals surface area contributed by atoms with E-state index >= 15 is 0 Å². The van der Waals surface area contributed by atoms with E-state index in [1.807, 2.05) is 50.8 Å². The molecule has 0 unspecified atom stereocenters. The first-order valence-corrected chi connectivity index (χ1v) is 10.2. The van der Waals surface area contributed by atoms with Gasteiger partial charge in [0.15, 0.2) is 5.96 Å². The van der Waals surface area contributed by atoms with Gasteiger partial charge in [-0.25, -0.2) is 9.97 Å². The van der Waals surface area contributed by atoms with Crippen molar-refractivity contribution in [1.82, 2.24) is 29.7 Å². The van der Waals surface area contributed by atoms with Crippen LogP contribution in [0.5, 0.6) is 0 Å². The molecule has 29 heavy (non-hydrogen) atoms. The third-order valence-electron chi connectivity index (χ3n) is 4.79. The molecule has 0 aliphatic heterocycles. The van der Waals surface area contributed by atoms with E-state index in [0.29, 0.717) is 6.54 Å². The zero-order valence-electron chi connectivity index (χ0n) is 17.6. The number of unbranched alkanes of at least 4 members (excludes halogenated alkanes) is 1. The fourth-order valence-corrected chi connectivity index (χ4v) is 3.20. The number of aliphatic imine (C=N–C) groups is 1. The van der Waals surface area contributed by atoms with Crippen molar-refractivity contribution in [3.8, 4) is 11.3 Å². The lowest BCUT2D eigenvalue weighted by Gasteiger charge is -2.21. The van der Waals surface area contributed by atoms with Gasteiger partial charge in [-0.05, 0) is 32.3 Å². The van der Waals surface area contributed by atoms with Gasteiger partial charge < -0.3 is 19.8 Å². The molecular formula is C22H31N7. The van der Waals surface area contributed by atoms with E-state index in [2.05, 4.69) is 48.8 Å². The Morgan fingerprint density at radius 1 is 1.21 bits per heavy atom. The third kappa shape index (κ3) is 5.94.